The van der Waals surface area contributed by atoms with Crippen LogP contribution in [0.3, 0.4) is 0 Å². The van der Waals surface area contributed by atoms with Crippen LogP contribution in [0.25, 0.3) is 0 Å². The lowest BCUT2D eigenvalue weighted by Gasteiger charge is -2.12. The van der Waals surface area contributed by atoms with Crippen LogP contribution in [0.5, 0.6) is 0 Å². The molecule has 0 radical (unpaired) electrons. The summed E-state index contributed by atoms with van der Waals surface area (Å²) in [5.41, 5.74) is 2.86. The topological polar surface area (TPSA) is 123 Å². The molecule has 3 aromatic rings. The Morgan fingerprint density at radius 1 is 1.27 bits per heavy atom. The first-order valence-corrected chi connectivity index (χ1v) is 10.4. The van der Waals surface area contributed by atoms with Gasteiger partial charge in [-0.15, -0.1) is 10.2 Å². The predicted molar refractivity (Wildman–Crippen MR) is 114 cm³/mol. The summed E-state index contributed by atoms with van der Waals surface area (Å²) in [4.78, 5) is 38.9. The molecule has 0 bridgehead atoms. The zero-order chi connectivity index (χ0) is 21.8. The number of thioether (sulfide) groups is 1. The summed E-state index contributed by atoms with van der Waals surface area (Å²) in [7, 11) is 1.40. The summed E-state index contributed by atoms with van der Waals surface area (Å²) in [6.07, 6.45) is 0.916. The van der Waals surface area contributed by atoms with Gasteiger partial charge >= 0.3 is 5.69 Å². The number of nitrogens with one attached hydrogen (secondary N) is 2. The van der Waals surface area contributed by atoms with E-state index >= 15 is 0 Å². The van der Waals surface area contributed by atoms with Crippen molar-refractivity contribution >= 4 is 23.4 Å². The Labute approximate surface area is 176 Å². The maximum atomic E-state index is 12.4. The maximum absolute atomic E-state index is 12.4. The molecule has 0 saturated heterocycles. The summed E-state index contributed by atoms with van der Waals surface area (Å²) in [5, 5.41) is 11.0. The van der Waals surface area contributed by atoms with Gasteiger partial charge in [0.25, 0.3) is 10.8 Å². The molecule has 2 heterocycles. The van der Waals surface area contributed by atoms with Crippen molar-refractivity contribution in [3.8, 4) is 0 Å². The van der Waals surface area contributed by atoms with E-state index in [1.54, 1.807) is 6.92 Å². The summed E-state index contributed by atoms with van der Waals surface area (Å²) in [6.45, 7) is 5.64. The first kappa shape index (κ1) is 21.6. The smallest absolute Gasteiger partial charge is 0.328 e. The van der Waals surface area contributed by atoms with E-state index in [4.69, 9.17) is 4.42 Å². The number of aryl methyl sites for hydroxylation is 3. The minimum absolute atomic E-state index is 0.0954. The van der Waals surface area contributed by atoms with Crippen LogP contribution in [-0.4, -0.2) is 31.4 Å². The van der Waals surface area contributed by atoms with Crippen molar-refractivity contribution in [3.05, 3.63) is 67.3 Å². The van der Waals surface area contributed by atoms with Crippen LogP contribution in [0, 0.1) is 13.8 Å². The third kappa shape index (κ3) is 4.70. The molecular formula is C20H23N5O4S. The molecular weight excluding hydrogens is 406 g/mol. The first-order valence-electron chi connectivity index (χ1n) is 9.42. The van der Waals surface area contributed by atoms with E-state index < -0.39 is 11.2 Å². The molecule has 3 rings (SSSR count). The summed E-state index contributed by atoms with van der Waals surface area (Å²) >= 11 is 1.12. The Bertz CT molecular complexity index is 1190. The van der Waals surface area contributed by atoms with Gasteiger partial charge < -0.3 is 14.7 Å². The van der Waals surface area contributed by atoms with E-state index in [9.17, 15) is 14.4 Å². The number of aromatic nitrogens is 4. The number of carbonyl (C=O) groups excluding carboxylic acids is 1. The Morgan fingerprint density at radius 2 is 2.03 bits per heavy atom. The highest BCUT2D eigenvalue weighted by atomic mass is 32.2. The van der Waals surface area contributed by atoms with Crippen LogP contribution in [0.1, 0.15) is 35.2 Å². The van der Waals surface area contributed by atoms with Gasteiger partial charge in [-0.2, -0.15) is 0 Å². The van der Waals surface area contributed by atoms with Crippen molar-refractivity contribution < 1.29 is 9.21 Å². The van der Waals surface area contributed by atoms with Crippen LogP contribution in [0.15, 0.2) is 37.4 Å². The van der Waals surface area contributed by atoms with Gasteiger partial charge in [-0.25, -0.2) is 4.79 Å². The molecule has 158 valence electrons. The second-order valence-electron chi connectivity index (χ2n) is 6.84. The fourth-order valence-corrected chi connectivity index (χ4v) is 3.59. The third-order valence-electron chi connectivity index (χ3n) is 4.72. The molecule has 2 aromatic heterocycles. The Hall–Kier alpha value is -3.14. The van der Waals surface area contributed by atoms with Crippen LogP contribution in [0.4, 0.5) is 5.69 Å². The molecule has 0 fully saturated rings. The number of hydrogen-bond acceptors (Lipinski definition) is 7. The number of hydrogen-bond donors (Lipinski definition) is 2. The van der Waals surface area contributed by atoms with Gasteiger partial charge in [0.05, 0.1) is 12.2 Å². The lowest BCUT2D eigenvalue weighted by Crippen LogP contribution is -2.36. The van der Waals surface area contributed by atoms with Crippen molar-refractivity contribution in [2.24, 2.45) is 7.05 Å². The molecule has 10 heteroatoms. The number of para-hydroxylation sites is 1. The van der Waals surface area contributed by atoms with Crippen molar-refractivity contribution in [2.45, 2.75) is 38.8 Å². The first-order chi connectivity index (χ1) is 14.3. The normalized spacial score (nSPS) is 10.9. The van der Waals surface area contributed by atoms with Crippen molar-refractivity contribution in [3.63, 3.8) is 0 Å². The molecule has 0 aliphatic heterocycles. The number of nitrogens with zero attached hydrogens (tertiary/aromatic N) is 3. The summed E-state index contributed by atoms with van der Waals surface area (Å²) in [5.74, 6) is 0.171. The van der Waals surface area contributed by atoms with Gasteiger partial charge in [0.1, 0.15) is 0 Å². The lowest BCUT2D eigenvalue weighted by molar-refractivity contribution is -0.113. The zero-order valence-electron chi connectivity index (χ0n) is 17.2. The van der Waals surface area contributed by atoms with Gasteiger partial charge in [0.15, 0.2) is 0 Å². The second-order valence-corrected chi connectivity index (χ2v) is 7.76. The standard InChI is InChI=1S/C20H23N5O4S/c1-5-13-8-6-7-11(2)17(13)22-15(26)10-30-20-24-23-16(29-20)9-14-12(3)21-19(28)25(4)18(14)27/h6-8H,5,9-10H2,1-4H3,(H,21,28)(H,22,26). The minimum atomic E-state index is -0.478. The van der Waals surface area contributed by atoms with Crippen LogP contribution in [-0.2, 0) is 24.7 Å². The molecule has 1 amide bonds. The molecule has 0 spiro atoms. The molecule has 0 unspecified atom stereocenters. The van der Waals surface area contributed by atoms with Crippen LogP contribution >= 0.6 is 11.8 Å². The lowest BCUT2D eigenvalue weighted by atomic mass is 10.1. The van der Waals surface area contributed by atoms with Gasteiger partial charge in [0, 0.05) is 24.0 Å². The third-order valence-corrected chi connectivity index (χ3v) is 5.54. The summed E-state index contributed by atoms with van der Waals surface area (Å²) in [6, 6.07) is 5.91. The summed E-state index contributed by atoms with van der Waals surface area (Å²) < 4.78 is 6.55. The van der Waals surface area contributed by atoms with Crippen LogP contribution < -0.4 is 16.6 Å². The van der Waals surface area contributed by atoms with E-state index in [1.165, 1.54) is 7.05 Å². The van der Waals surface area contributed by atoms with Gasteiger partial charge in [-0.05, 0) is 31.4 Å². The number of amides is 1. The average Bonchev–Trinajstić information content (AvgIpc) is 3.17. The van der Waals surface area contributed by atoms with E-state index in [1.807, 2.05) is 32.0 Å². The predicted octanol–water partition coefficient (Wildman–Crippen LogP) is 1.96. The fourth-order valence-electron chi connectivity index (χ4n) is 3.01. The van der Waals surface area contributed by atoms with Gasteiger partial charge in [-0.1, -0.05) is 36.9 Å². The van der Waals surface area contributed by atoms with Gasteiger partial charge in [-0.3, -0.25) is 14.2 Å². The van der Waals surface area contributed by atoms with Crippen molar-refractivity contribution in [2.75, 3.05) is 11.1 Å². The molecule has 30 heavy (non-hydrogen) atoms. The van der Waals surface area contributed by atoms with Crippen LogP contribution in [0.2, 0.25) is 0 Å². The van der Waals surface area contributed by atoms with E-state index in [0.29, 0.717) is 11.3 Å². The van der Waals surface area contributed by atoms with Gasteiger partial charge in [0.2, 0.25) is 11.8 Å². The highest BCUT2D eigenvalue weighted by molar-refractivity contribution is 7.99. The average molecular weight is 430 g/mol. The number of anilines is 1. The Morgan fingerprint density at radius 3 is 2.77 bits per heavy atom. The van der Waals surface area contributed by atoms with Crippen molar-refractivity contribution in [1.82, 2.24) is 19.7 Å². The Kier molecular flexibility index (Phi) is 6.56. The number of aromatic amines is 1. The number of carbonyl (C=O) groups is 1. The monoisotopic (exact) mass is 429 g/mol. The largest absolute Gasteiger partial charge is 0.416 e. The fraction of sp³-hybridized carbons (Fsp3) is 0.350. The molecule has 0 aliphatic carbocycles. The zero-order valence-corrected chi connectivity index (χ0v) is 18.1. The Balaban J connectivity index is 1.65. The molecule has 9 nitrogen and oxygen atoms in total. The molecule has 0 aliphatic rings. The molecule has 2 N–H and O–H groups in total. The van der Waals surface area contributed by atoms with E-state index in [0.717, 1.165) is 39.6 Å². The maximum Gasteiger partial charge on any atom is 0.328 e. The number of rotatable bonds is 7. The highest BCUT2D eigenvalue weighted by Crippen LogP contribution is 2.22. The highest BCUT2D eigenvalue weighted by Gasteiger charge is 2.16. The minimum Gasteiger partial charge on any atom is -0.416 e. The van der Waals surface area contributed by atoms with E-state index in [2.05, 4.69) is 20.5 Å². The van der Waals surface area contributed by atoms with E-state index in [-0.39, 0.29) is 29.2 Å². The molecule has 1 aromatic carbocycles. The quantitative estimate of drug-likeness (QED) is 0.550. The molecule has 0 saturated carbocycles. The number of H-pyrrole nitrogens is 1. The number of benzene rings is 1. The van der Waals surface area contributed by atoms with Crippen molar-refractivity contribution in [1.29, 1.82) is 0 Å². The SMILES string of the molecule is CCc1cccc(C)c1NC(=O)CSc1nnc(Cc2c(C)[nH]c(=O)n(C)c2=O)o1. The molecule has 0 atom stereocenters. The second kappa shape index (κ2) is 9.12.